The minimum Gasteiger partial charge on any atom is -0.494 e. The molecule has 2 rings (SSSR count). The van der Waals surface area contributed by atoms with Gasteiger partial charge in [0, 0.05) is 24.2 Å². The summed E-state index contributed by atoms with van der Waals surface area (Å²) >= 11 is 0. The van der Waals surface area contributed by atoms with Crippen molar-refractivity contribution in [1.29, 1.82) is 0 Å². The number of nitrogens with two attached hydrogens (primary N) is 1. The predicted molar refractivity (Wildman–Crippen MR) is 84.7 cm³/mol. The van der Waals surface area contributed by atoms with Crippen LogP contribution < -0.4 is 21.3 Å². The number of rotatable bonds is 7. The maximum absolute atomic E-state index is 5.49. The molecule has 0 spiro atoms. The zero-order chi connectivity index (χ0) is 15.1. The van der Waals surface area contributed by atoms with Gasteiger partial charge in [0.05, 0.1) is 6.61 Å². The van der Waals surface area contributed by atoms with Crippen molar-refractivity contribution in [3.63, 3.8) is 0 Å². The Bertz CT molecular complexity index is 588. The molecular weight excluding hydrogens is 266 g/mol. The molecule has 6 nitrogen and oxygen atoms in total. The summed E-state index contributed by atoms with van der Waals surface area (Å²) in [5.74, 6) is 8.33. The molecule has 0 bridgehead atoms. The summed E-state index contributed by atoms with van der Waals surface area (Å²) in [4.78, 5) is 8.80. The molecule has 0 amide bonds. The van der Waals surface area contributed by atoms with Crippen LogP contribution in [0.2, 0.25) is 0 Å². The highest BCUT2D eigenvalue weighted by molar-refractivity contribution is 5.60. The molecule has 1 aromatic heterocycles. The van der Waals surface area contributed by atoms with Crippen LogP contribution in [0.3, 0.4) is 0 Å². The molecule has 6 heteroatoms. The largest absolute Gasteiger partial charge is 0.494 e. The van der Waals surface area contributed by atoms with E-state index in [1.807, 2.05) is 31.2 Å². The summed E-state index contributed by atoms with van der Waals surface area (Å²) in [5, 5.41) is 3.25. The second-order valence-electron chi connectivity index (χ2n) is 4.53. The Morgan fingerprint density at radius 3 is 2.67 bits per heavy atom. The van der Waals surface area contributed by atoms with E-state index in [1.54, 1.807) is 6.07 Å². The molecule has 0 fully saturated rings. The molecule has 0 saturated carbocycles. The van der Waals surface area contributed by atoms with Crippen LogP contribution in [0.25, 0.3) is 0 Å². The zero-order valence-electron chi connectivity index (χ0n) is 12.4. The molecule has 1 heterocycles. The van der Waals surface area contributed by atoms with Crippen LogP contribution in [0.15, 0.2) is 30.3 Å². The molecule has 0 saturated heterocycles. The first kappa shape index (κ1) is 15.1. The van der Waals surface area contributed by atoms with Crippen LogP contribution >= 0.6 is 0 Å². The quantitative estimate of drug-likeness (QED) is 0.536. The first-order chi connectivity index (χ1) is 10.2. The summed E-state index contributed by atoms with van der Waals surface area (Å²) in [5.41, 5.74) is 3.48. The third-order valence-corrected chi connectivity index (χ3v) is 2.81. The lowest BCUT2D eigenvalue weighted by Gasteiger charge is -2.10. The lowest BCUT2D eigenvalue weighted by molar-refractivity contribution is 0.340. The van der Waals surface area contributed by atoms with Gasteiger partial charge in [-0.25, -0.2) is 15.8 Å². The maximum atomic E-state index is 5.49. The van der Waals surface area contributed by atoms with Crippen molar-refractivity contribution in [1.82, 2.24) is 9.97 Å². The number of ether oxygens (including phenoxy) is 1. The Labute approximate surface area is 124 Å². The van der Waals surface area contributed by atoms with E-state index in [9.17, 15) is 0 Å². The fraction of sp³-hybridized carbons (Fsp3) is 0.333. The van der Waals surface area contributed by atoms with Gasteiger partial charge in [-0.15, -0.1) is 0 Å². The SMILES string of the molecule is CCCc1nc(NN)cc(Nc2cccc(OCC)c2)n1. The van der Waals surface area contributed by atoms with Gasteiger partial charge in [-0.05, 0) is 25.5 Å². The normalized spacial score (nSPS) is 10.2. The molecule has 0 atom stereocenters. The van der Waals surface area contributed by atoms with E-state index in [2.05, 4.69) is 27.6 Å². The Balaban J connectivity index is 2.21. The highest BCUT2D eigenvalue weighted by atomic mass is 16.5. The van der Waals surface area contributed by atoms with E-state index in [1.165, 1.54) is 0 Å². The number of aromatic nitrogens is 2. The second-order valence-corrected chi connectivity index (χ2v) is 4.53. The van der Waals surface area contributed by atoms with Gasteiger partial charge in [0.2, 0.25) is 0 Å². The molecule has 112 valence electrons. The average Bonchev–Trinajstić information content (AvgIpc) is 2.48. The van der Waals surface area contributed by atoms with E-state index in [4.69, 9.17) is 10.6 Å². The smallest absolute Gasteiger partial charge is 0.145 e. The lowest BCUT2D eigenvalue weighted by atomic mass is 10.3. The van der Waals surface area contributed by atoms with E-state index in [0.29, 0.717) is 18.2 Å². The van der Waals surface area contributed by atoms with Gasteiger partial charge in [-0.2, -0.15) is 0 Å². The van der Waals surface area contributed by atoms with Gasteiger partial charge < -0.3 is 15.5 Å². The number of hydrazine groups is 1. The Hall–Kier alpha value is -2.34. The second kappa shape index (κ2) is 7.44. The van der Waals surface area contributed by atoms with Gasteiger partial charge in [0.15, 0.2) is 0 Å². The van der Waals surface area contributed by atoms with Crippen molar-refractivity contribution >= 4 is 17.3 Å². The lowest BCUT2D eigenvalue weighted by Crippen LogP contribution is -2.11. The first-order valence-electron chi connectivity index (χ1n) is 7.09. The Morgan fingerprint density at radius 2 is 1.95 bits per heavy atom. The van der Waals surface area contributed by atoms with Crippen LogP contribution in [-0.4, -0.2) is 16.6 Å². The third kappa shape index (κ3) is 4.32. The molecule has 0 unspecified atom stereocenters. The molecule has 0 radical (unpaired) electrons. The standard InChI is InChI=1S/C15H21N5O/c1-3-6-13-18-14(10-15(19-13)20-16)17-11-7-5-8-12(9-11)21-4-2/h5,7-10H,3-4,6,16H2,1-2H3,(H2,17,18,19,20). The number of nitrogen functional groups attached to an aromatic ring is 1. The summed E-state index contributed by atoms with van der Waals surface area (Å²) in [6.07, 6.45) is 1.79. The van der Waals surface area contributed by atoms with Crippen molar-refractivity contribution in [2.75, 3.05) is 17.3 Å². The Morgan fingerprint density at radius 1 is 1.14 bits per heavy atom. The topological polar surface area (TPSA) is 85.1 Å². The summed E-state index contributed by atoms with van der Waals surface area (Å²) in [7, 11) is 0. The van der Waals surface area contributed by atoms with Crippen molar-refractivity contribution < 1.29 is 4.74 Å². The summed E-state index contributed by atoms with van der Waals surface area (Å²) in [6, 6.07) is 9.51. The highest BCUT2D eigenvalue weighted by Gasteiger charge is 2.05. The van der Waals surface area contributed by atoms with Gasteiger partial charge in [0.25, 0.3) is 0 Å². The van der Waals surface area contributed by atoms with E-state index < -0.39 is 0 Å². The first-order valence-corrected chi connectivity index (χ1v) is 7.09. The zero-order valence-corrected chi connectivity index (χ0v) is 12.4. The molecule has 4 N–H and O–H groups in total. The van der Waals surface area contributed by atoms with E-state index >= 15 is 0 Å². The number of hydrogen-bond acceptors (Lipinski definition) is 6. The van der Waals surface area contributed by atoms with Crippen molar-refractivity contribution in [2.45, 2.75) is 26.7 Å². The highest BCUT2D eigenvalue weighted by Crippen LogP contribution is 2.22. The molecule has 21 heavy (non-hydrogen) atoms. The van der Waals surface area contributed by atoms with Gasteiger partial charge in [-0.3, -0.25) is 0 Å². The van der Waals surface area contributed by atoms with Crippen molar-refractivity contribution in [2.24, 2.45) is 5.84 Å². The predicted octanol–water partition coefficient (Wildman–Crippen LogP) is 2.86. The third-order valence-electron chi connectivity index (χ3n) is 2.81. The fourth-order valence-electron chi connectivity index (χ4n) is 1.95. The Kier molecular flexibility index (Phi) is 5.34. The number of hydrogen-bond donors (Lipinski definition) is 3. The molecule has 2 aromatic rings. The number of nitrogens with zero attached hydrogens (tertiary/aromatic N) is 2. The number of aryl methyl sites for hydroxylation is 1. The van der Waals surface area contributed by atoms with Crippen LogP contribution in [0.5, 0.6) is 5.75 Å². The minimum atomic E-state index is 0.594. The number of benzene rings is 1. The molecular formula is C15H21N5O. The average molecular weight is 287 g/mol. The van der Waals surface area contributed by atoms with E-state index in [-0.39, 0.29) is 0 Å². The fourth-order valence-corrected chi connectivity index (χ4v) is 1.95. The van der Waals surface area contributed by atoms with Crippen LogP contribution in [0.4, 0.5) is 17.3 Å². The minimum absolute atomic E-state index is 0.594. The molecule has 0 aliphatic rings. The summed E-state index contributed by atoms with van der Waals surface area (Å²) in [6.45, 7) is 4.68. The van der Waals surface area contributed by atoms with Gasteiger partial charge in [0.1, 0.15) is 23.2 Å². The monoisotopic (exact) mass is 287 g/mol. The van der Waals surface area contributed by atoms with Crippen LogP contribution in [0, 0.1) is 0 Å². The van der Waals surface area contributed by atoms with Crippen LogP contribution in [-0.2, 0) is 6.42 Å². The molecule has 1 aromatic carbocycles. The molecule has 0 aliphatic heterocycles. The van der Waals surface area contributed by atoms with Crippen LogP contribution in [0.1, 0.15) is 26.1 Å². The maximum Gasteiger partial charge on any atom is 0.145 e. The van der Waals surface area contributed by atoms with Gasteiger partial charge >= 0.3 is 0 Å². The van der Waals surface area contributed by atoms with Gasteiger partial charge in [-0.1, -0.05) is 13.0 Å². The summed E-state index contributed by atoms with van der Waals surface area (Å²) < 4.78 is 5.49. The van der Waals surface area contributed by atoms with E-state index in [0.717, 1.165) is 30.1 Å². The van der Waals surface area contributed by atoms with Crippen molar-refractivity contribution in [3.05, 3.63) is 36.2 Å². The number of nitrogens with one attached hydrogen (secondary N) is 2. The molecule has 0 aliphatic carbocycles. The number of anilines is 3. The van der Waals surface area contributed by atoms with Crippen molar-refractivity contribution in [3.8, 4) is 5.75 Å².